The highest BCUT2D eigenvalue weighted by molar-refractivity contribution is 5.82. The summed E-state index contributed by atoms with van der Waals surface area (Å²) in [7, 11) is 0. The van der Waals surface area contributed by atoms with Gasteiger partial charge in [0.05, 0.1) is 23.1 Å². The van der Waals surface area contributed by atoms with Crippen molar-refractivity contribution in [3.05, 3.63) is 107 Å². The molecule has 0 amide bonds. The normalized spacial score (nSPS) is 12.3. The van der Waals surface area contributed by atoms with Crippen LogP contribution in [0.25, 0.3) is 40.5 Å². The Morgan fingerprint density at radius 3 is 2.77 bits per heavy atom. The Bertz CT molecular complexity index is 1550. The molecule has 3 heterocycles. The van der Waals surface area contributed by atoms with Gasteiger partial charge in [-0.1, -0.05) is 49.1 Å². The number of rotatable bonds is 4. The van der Waals surface area contributed by atoms with E-state index in [9.17, 15) is 0 Å². The minimum absolute atomic E-state index is 0.709. The molecule has 5 aromatic rings. The molecule has 5 heteroatoms. The predicted molar refractivity (Wildman–Crippen MR) is 126 cm³/mol. The summed E-state index contributed by atoms with van der Waals surface area (Å²) in [6.45, 7) is 4.09. The fraction of sp³-hybridized carbons (Fsp3) is 0.0385. The Morgan fingerprint density at radius 2 is 1.87 bits per heavy atom. The highest BCUT2D eigenvalue weighted by Gasteiger charge is 2.09. The number of nitrogens with zero attached hydrogens (tertiary/aromatic N) is 4. The summed E-state index contributed by atoms with van der Waals surface area (Å²) < 4.78 is 1.91. The van der Waals surface area contributed by atoms with Gasteiger partial charge in [0.15, 0.2) is 5.65 Å². The number of hydrogen-bond acceptors (Lipinski definition) is 4. The summed E-state index contributed by atoms with van der Waals surface area (Å²) in [5.41, 5.74) is 11.3. The summed E-state index contributed by atoms with van der Waals surface area (Å²) in [6.07, 6.45) is 9.75. The number of nitrogens with two attached hydrogens (primary N) is 1. The zero-order valence-electron chi connectivity index (χ0n) is 16.9. The van der Waals surface area contributed by atoms with E-state index in [1.807, 2.05) is 65.5 Å². The molecule has 0 aliphatic heterocycles. The standard InChI is InChI=1S/C26H21N5/c1-18-8-9-19(13-20(18)6-4-12-27)14-23-17-29-26-11-10-25(30-31(23)26)22-15-21-5-2-3-7-24(21)28-16-22/h2-13,15-17H,1,14,27H2/b12-4-,20-6-. The minimum atomic E-state index is 0.709. The summed E-state index contributed by atoms with van der Waals surface area (Å²) in [5.74, 6) is 0. The van der Waals surface area contributed by atoms with Gasteiger partial charge in [0, 0.05) is 23.6 Å². The van der Waals surface area contributed by atoms with E-state index in [1.165, 1.54) is 6.20 Å². The lowest BCUT2D eigenvalue weighted by Crippen LogP contribution is -2.23. The number of benzene rings is 2. The summed E-state index contributed by atoms with van der Waals surface area (Å²) in [5, 5.41) is 7.97. The minimum Gasteiger partial charge on any atom is -0.405 e. The van der Waals surface area contributed by atoms with E-state index in [1.54, 1.807) is 0 Å². The van der Waals surface area contributed by atoms with Gasteiger partial charge in [-0.2, -0.15) is 5.10 Å². The zero-order chi connectivity index (χ0) is 21.2. The SMILES string of the molecule is C=c1ccc(Cc2cnc3ccc(-c4cnc5ccccc5c4)nn23)c/c1=C/C=C\N. The van der Waals surface area contributed by atoms with E-state index in [0.717, 1.165) is 49.5 Å². The van der Waals surface area contributed by atoms with E-state index < -0.39 is 0 Å². The van der Waals surface area contributed by atoms with E-state index in [2.05, 4.69) is 40.8 Å². The summed E-state index contributed by atoms with van der Waals surface area (Å²) in [6, 6.07) is 20.4. The van der Waals surface area contributed by atoms with Crippen molar-refractivity contribution in [2.75, 3.05) is 0 Å². The third-order valence-corrected chi connectivity index (χ3v) is 5.30. The Hall–Kier alpha value is -4.25. The van der Waals surface area contributed by atoms with Gasteiger partial charge in [0.1, 0.15) is 0 Å². The van der Waals surface area contributed by atoms with Gasteiger partial charge in [-0.25, -0.2) is 9.50 Å². The van der Waals surface area contributed by atoms with Crippen LogP contribution in [0.4, 0.5) is 0 Å². The van der Waals surface area contributed by atoms with Crippen LogP contribution in [-0.4, -0.2) is 19.6 Å². The maximum atomic E-state index is 5.47. The molecule has 150 valence electrons. The molecule has 0 saturated carbocycles. The van der Waals surface area contributed by atoms with Crippen molar-refractivity contribution in [1.29, 1.82) is 0 Å². The van der Waals surface area contributed by atoms with Crippen LogP contribution < -0.4 is 16.2 Å². The molecule has 0 unspecified atom stereocenters. The second-order valence-corrected chi connectivity index (χ2v) is 7.42. The number of para-hydroxylation sites is 1. The largest absolute Gasteiger partial charge is 0.405 e. The molecule has 5 rings (SSSR count). The van der Waals surface area contributed by atoms with Crippen molar-refractivity contribution < 1.29 is 0 Å². The number of aromatic nitrogens is 4. The monoisotopic (exact) mass is 403 g/mol. The third kappa shape index (κ3) is 3.69. The maximum absolute atomic E-state index is 5.47. The van der Waals surface area contributed by atoms with Crippen molar-refractivity contribution in [3.8, 4) is 11.3 Å². The van der Waals surface area contributed by atoms with Gasteiger partial charge < -0.3 is 5.73 Å². The highest BCUT2D eigenvalue weighted by atomic mass is 15.3. The van der Waals surface area contributed by atoms with Gasteiger partial charge >= 0.3 is 0 Å². The van der Waals surface area contributed by atoms with Gasteiger partial charge in [-0.3, -0.25) is 4.98 Å². The predicted octanol–water partition coefficient (Wildman–Crippen LogP) is 3.20. The molecule has 0 bridgehead atoms. The first kappa shape index (κ1) is 18.8. The molecule has 0 atom stereocenters. The smallest absolute Gasteiger partial charge is 0.153 e. The van der Waals surface area contributed by atoms with Crippen LogP contribution in [-0.2, 0) is 6.42 Å². The molecular weight excluding hydrogens is 382 g/mol. The van der Waals surface area contributed by atoms with E-state index in [0.29, 0.717) is 6.42 Å². The topological polar surface area (TPSA) is 69.1 Å². The molecule has 3 aromatic heterocycles. The van der Waals surface area contributed by atoms with Crippen LogP contribution >= 0.6 is 0 Å². The fourth-order valence-electron chi connectivity index (χ4n) is 3.68. The van der Waals surface area contributed by atoms with Crippen molar-refractivity contribution in [3.63, 3.8) is 0 Å². The quantitative estimate of drug-likeness (QED) is 0.500. The molecule has 31 heavy (non-hydrogen) atoms. The first-order valence-corrected chi connectivity index (χ1v) is 10.1. The molecule has 0 aliphatic rings. The van der Waals surface area contributed by atoms with Gasteiger partial charge in [0.25, 0.3) is 0 Å². The Morgan fingerprint density at radius 1 is 0.968 bits per heavy atom. The maximum Gasteiger partial charge on any atom is 0.153 e. The second-order valence-electron chi connectivity index (χ2n) is 7.42. The van der Waals surface area contributed by atoms with Gasteiger partial charge in [-0.05, 0) is 52.5 Å². The van der Waals surface area contributed by atoms with Crippen LogP contribution in [0.5, 0.6) is 0 Å². The number of hydrogen-bond donors (Lipinski definition) is 1. The Balaban J connectivity index is 1.54. The first-order chi connectivity index (χ1) is 15.2. The van der Waals surface area contributed by atoms with Crippen LogP contribution in [0.15, 0.2) is 85.3 Å². The second kappa shape index (κ2) is 7.88. The number of pyridine rings is 1. The molecule has 5 nitrogen and oxygen atoms in total. The lowest BCUT2D eigenvalue weighted by atomic mass is 10.1. The van der Waals surface area contributed by atoms with E-state index >= 15 is 0 Å². The van der Waals surface area contributed by atoms with E-state index in [-0.39, 0.29) is 0 Å². The van der Waals surface area contributed by atoms with Crippen molar-refractivity contribution in [2.45, 2.75) is 6.42 Å². The zero-order valence-corrected chi connectivity index (χ0v) is 16.9. The van der Waals surface area contributed by atoms with Crippen LogP contribution in [0.2, 0.25) is 0 Å². The van der Waals surface area contributed by atoms with Crippen molar-refractivity contribution >= 4 is 29.2 Å². The first-order valence-electron chi connectivity index (χ1n) is 10.1. The molecule has 2 aromatic carbocycles. The molecule has 2 N–H and O–H groups in total. The average Bonchev–Trinajstić information content (AvgIpc) is 3.21. The van der Waals surface area contributed by atoms with Crippen molar-refractivity contribution in [2.24, 2.45) is 5.73 Å². The van der Waals surface area contributed by atoms with Crippen LogP contribution in [0.1, 0.15) is 11.3 Å². The number of imidazole rings is 1. The molecule has 0 spiro atoms. The Labute approximate surface area is 179 Å². The van der Waals surface area contributed by atoms with Crippen LogP contribution in [0, 0.1) is 0 Å². The molecular formula is C26H21N5. The summed E-state index contributed by atoms with van der Waals surface area (Å²) >= 11 is 0. The highest BCUT2D eigenvalue weighted by Crippen LogP contribution is 2.22. The van der Waals surface area contributed by atoms with Gasteiger partial charge in [-0.15, -0.1) is 0 Å². The molecule has 0 radical (unpaired) electrons. The lowest BCUT2D eigenvalue weighted by molar-refractivity contribution is 0.875. The Kier molecular flexibility index (Phi) is 4.77. The van der Waals surface area contributed by atoms with E-state index in [4.69, 9.17) is 10.8 Å². The third-order valence-electron chi connectivity index (χ3n) is 5.30. The van der Waals surface area contributed by atoms with Gasteiger partial charge in [0.2, 0.25) is 0 Å². The molecule has 0 aliphatic carbocycles. The summed E-state index contributed by atoms with van der Waals surface area (Å²) in [4.78, 5) is 9.10. The van der Waals surface area contributed by atoms with Crippen molar-refractivity contribution in [1.82, 2.24) is 19.6 Å². The average molecular weight is 403 g/mol. The molecule has 0 fully saturated rings. The number of fused-ring (bicyclic) bond motifs is 2. The fourth-order valence-corrected chi connectivity index (χ4v) is 3.68. The van der Waals surface area contributed by atoms with Crippen LogP contribution in [0.3, 0.4) is 0 Å². The lowest BCUT2D eigenvalue weighted by Gasteiger charge is -2.06. The molecule has 0 saturated heterocycles. The number of allylic oxidation sites excluding steroid dienone is 1.